The standard InChI is InChI=1S/C43H55N7O3/c1-24(2)38(44)41(51)50-35-10-8-7-9-31(35)22-37(50)39-45-23-34(48-39)30-15-14-26-19-27(12-13-28(26)20-30)29-16-17-32-33(21-29)47-40(46-32)36-18-11-25(3)49(36)42(52)53-43(4,5)6/h12-15,19-21,23-25,31,35-38H,7-11,16-18,22,44H2,1-6H3,(H,45,48)(H,46,47). The number of aromatic nitrogens is 4. The highest BCUT2D eigenvalue weighted by atomic mass is 16.6. The molecule has 3 fully saturated rings. The second-order valence-electron chi connectivity index (χ2n) is 17.3. The van der Waals surface area contributed by atoms with Crippen molar-refractivity contribution in [2.45, 2.75) is 135 Å². The number of fused-ring (bicyclic) bond motifs is 3. The number of H-pyrrole nitrogens is 2. The molecule has 2 aromatic heterocycles. The Morgan fingerprint density at radius 1 is 0.906 bits per heavy atom. The van der Waals surface area contributed by atoms with Crippen LogP contribution in [-0.2, 0) is 16.0 Å². The molecule has 0 spiro atoms. The monoisotopic (exact) mass is 717 g/mol. The van der Waals surface area contributed by atoms with Gasteiger partial charge in [0.15, 0.2) is 0 Å². The summed E-state index contributed by atoms with van der Waals surface area (Å²) in [7, 11) is 0. The van der Waals surface area contributed by atoms with Gasteiger partial charge in [0.2, 0.25) is 5.91 Å². The third-order valence-electron chi connectivity index (χ3n) is 12.2. The normalized spacial score (nSPS) is 25.1. The van der Waals surface area contributed by atoms with Gasteiger partial charge >= 0.3 is 6.09 Å². The second-order valence-corrected chi connectivity index (χ2v) is 17.3. The highest BCUT2D eigenvalue weighted by Crippen LogP contribution is 2.46. The summed E-state index contributed by atoms with van der Waals surface area (Å²) < 4.78 is 5.76. The fraction of sp³-hybridized carbons (Fsp3) is 0.535. The van der Waals surface area contributed by atoms with Gasteiger partial charge in [0, 0.05) is 23.3 Å². The molecule has 0 bridgehead atoms. The molecule has 10 heteroatoms. The number of amides is 2. The molecule has 1 saturated carbocycles. The van der Waals surface area contributed by atoms with E-state index in [1.807, 2.05) is 45.7 Å². The highest BCUT2D eigenvalue weighted by molar-refractivity contribution is 5.92. The summed E-state index contributed by atoms with van der Waals surface area (Å²) in [6.45, 7) is 11.9. The van der Waals surface area contributed by atoms with E-state index >= 15 is 0 Å². The van der Waals surface area contributed by atoms with Crippen LogP contribution in [0.4, 0.5) is 4.79 Å². The lowest BCUT2D eigenvalue weighted by atomic mass is 9.84. The third kappa shape index (κ3) is 6.79. The van der Waals surface area contributed by atoms with Crippen molar-refractivity contribution in [3.8, 4) is 11.3 Å². The van der Waals surface area contributed by atoms with Crippen LogP contribution in [0.2, 0.25) is 0 Å². The minimum Gasteiger partial charge on any atom is -0.444 e. The maximum atomic E-state index is 13.7. The van der Waals surface area contributed by atoms with Gasteiger partial charge in [0.05, 0.1) is 35.7 Å². The van der Waals surface area contributed by atoms with Crippen LogP contribution in [0.5, 0.6) is 0 Å². The second kappa shape index (κ2) is 13.8. The number of nitrogens with one attached hydrogen (secondary N) is 2. The lowest BCUT2D eigenvalue weighted by Gasteiger charge is -2.35. The van der Waals surface area contributed by atoms with Crippen molar-refractivity contribution in [1.82, 2.24) is 29.7 Å². The van der Waals surface area contributed by atoms with E-state index in [0.29, 0.717) is 5.92 Å². The van der Waals surface area contributed by atoms with Crippen molar-refractivity contribution in [1.29, 1.82) is 0 Å². The zero-order valence-electron chi connectivity index (χ0n) is 32.1. The van der Waals surface area contributed by atoms with Gasteiger partial charge in [0.25, 0.3) is 0 Å². The molecule has 53 heavy (non-hydrogen) atoms. The Labute approximate surface area is 313 Å². The Morgan fingerprint density at radius 3 is 2.40 bits per heavy atom. The number of allylic oxidation sites excluding steroid dienone is 1. The maximum Gasteiger partial charge on any atom is 0.411 e. The van der Waals surface area contributed by atoms with Gasteiger partial charge in [-0.05, 0) is 125 Å². The van der Waals surface area contributed by atoms with Crippen LogP contribution in [0.3, 0.4) is 0 Å². The number of aromatic amines is 2. The third-order valence-corrected chi connectivity index (χ3v) is 12.2. The van der Waals surface area contributed by atoms with Crippen LogP contribution >= 0.6 is 0 Å². The van der Waals surface area contributed by atoms with E-state index < -0.39 is 11.6 Å². The predicted octanol–water partition coefficient (Wildman–Crippen LogP) is 8.72. The number of carbonyl (C=O) groups is 2. The fourth-order valence-electron chi connectivity index (χ4n) is 9.25. The number of ether oxygens (including phenoxy) is 1. The van der Waals surface area contributed by atoms with Gasteiger partial charge in [0.1, 0.15) is 17.2 Å². The topological polar surface area (TPSA) is 133 Å². The van der Waals surface area contributed by atoms with Crippen molar-refractivity contribution in [3.05, 3.63) is 71.2 Å². The number of carbonyl (C=O) groups excluding carboxylic acids is 2. The minimum atomic E-state index is -0.546. The van der Waals surface area contributed by atoms with Crippen LogP contribution in [0.25, 0.3) is 33.7 Å². The number of rotatable bonds is 6. The molecule has 2 aliphatic carbocycles. The van der Waals surface area contributed by atoms with Gasteiger partial charge in [-0.15, -0.1) is 0 Å². The average Bonchev–Trinajstić information content (AvgIpc) is 3.93. The maximum absolute atomic E-state index is 13.7. The first-order chi connectivity index (χ1) is 25.3. The van der Waals surface area contributed by atoms with Crippen LogP contribution in [0.15, 0.2) is 42.6 Å². The molecule has 6 unspecified atom stereocenters. The van der Waals surface area contributed by atoms with E-state index in [9.17, 15) is 9.59 Å². The van der Waals surface area contributed by atoms with Gasteiger partial charge in [-0.25, -0.2) is 14.8 Å². The minimum absolute atomic E-state index is 0.0594. The molecule has 4 aromatic rings. The van der Waals surface area contributed by atoms with Crippen LogP contribution in [0.1, 0.15) is 134 Å². The summed E-state index contributed by atoms with van der Waals surface area (Å²) in [6.07, 6.45) is 13.0. The molecule has 4 aliphatic rings. The first kappa shape index (κ1) is 35.6. The summed E-state index contributed by atoms with van der Waals surface area (Å²) in [5.41, 5.74) is 12.5. The quantitative estimate of drug-likeness (QED) is 0.183. The number of nitrogens with zero attached hydrogens (tertiary/aromatic N) is 4. The Hall–Kier alpha value is -4.44. The fourth-order valence-corrected chi connectivity index (χ4v) is 9.25. The van der Waals surface area contributed by atoms with E-state index in [4.69, 9.17) is 20.4 Å². The van der Waals surface area contributed by atoms with Crippen molar-refractivity contribution in [2.75, 3.05) is 0 Å². The van der Waals surface area contributed by atoms with Gasteiger partial charge in [-0.2, -0.15) is 0 Å². The number of likely N-dealkylation sites (tertiary alicyclic amines) is 2. The Bertz CT molecular complexity index is 2050. The molecule has 10 nitrogen and oxygen atoms in total. The molecule has 280 valence electrons. The van der Waals surface area contributed by atoms with Crippen LogP contribution in [-0.4, -0.2) is 65.5 Å². The van der Waals surface area contributed by atoms with Gasteiger partial charge in [-0.3, -0.25) is 9.69 Å². The number of hydrogen-bond donors (Lipinski definition) is 3. The van der Waals surface area contributed by atoms with Crippen LogP contribution in [0, 0.1) is 11.8 Å². The van der Waals surface area contributed by atoms with Gasteiger partial charge < -0.3 is 25.3 Å². The Balaban J connectivity index is 1.01. The lowest BCUT2D eigenvalue weighted by Crippen LogP contribution is -2.50. The largest absolute Gasteiger partial charge is 0.444 e. The van der Waals surface area contributed by atoms with Crippen molar-refractivity contribution >= 4 is 34.4 Å². The summed E-state index contributed by atoms with van der Waals surface area (Å²) >= 11 is 0. The van der Waals surface area contributed by atoms with E-state index in [2.05, 4.69) is 64.3 Å². The molecule has 2 aliphatic heterocycles. The number of aryl methyl sites for hydroxylation is 1. The number of imidazole rings is 2. The first-order valence-corrected chi connectivity index (χ1v) is 19.8. The molecule has 0 radical (unpaired) electrons. The lowest BCUT2D eigenvalue weighted by molar-refractivity contribution is -0.137. The van der Waals surface area contributed by atoms with Crippen molar-refractivity contribution in [3.63, 3.8) is 0 Å². The number of nitrogens with two attached hydrogens (primary N) is 1. The Kier molecular flexibility index (Phi) is 9.24. The molecular weight excluding hydrogens is 663 g/mol. The molecule has 2 saturated heterocycles. The number of hydrogen-bond acceptors (Lipinski definition) is 6. The molecule has 2 amide bonds. The Morgan fingerprint density at radius 2 is 1.64 bits per heavy atom. The van der Waals surface area contributed by atoms with Crippen molar-refractivity contribution < 1.29 is 14.3 Å². The zero-order valence-corrected chi connectivity index (χ0v) is 32.1. The summed E-state index contributed by atoms with van der Waals surface area (Å²) in [5, 5.41) is 2.33. The van der Waals surface area contributed by atoms with E-state index in [1.165, 1.54) is 22.9 Å². The highest BCUT2D eigenvalue weighted by Gasteiger charge is 2.47. The van der Waals surface area contributed by atoms with E-state index in [0.717, 1.165) is 91.0 Å². The predicted molar refractivity (Wildman–Crippen MR) is 209 cm³/mol. The summed E-state index contributed by atoms with van der Waals surface area (Å²) in [4.78, 5) is 47.9. The van der Waals surface area contributed by atoms with E-state index in [1.54, 1.807) is 0 Å². The van der Waals surface area contributed by atoms with Crippen molar-refractivity contribution in [2.24, 2.45) is 17.6 Å². The summed E-state index contributed by atoms with van der Waals surface area (Å²) in [6, 6.07) is 12.9. The first-order valence-electron chi connectivity index (χ1n) is 19.8. The number of benzene rings is 2. The molecular formula is C43H55N7O3. The molecule has 2 aromatic carbocycles. The smallest absolute Gasteiger partial charge is 0.411 e. The zero-order chi connectivity index (χ0) is 37.2. The van der Waals surface area contributed by atoms with E-state index in [-0.39, 0.29) is 42.1 Å². The SMILES string of the molecule is CC(C)C(N)C(=O)N1C(c2ncc(-c3ccc4cc(C5=Cc6nc(C7CCC(C)N7C(=O)OC(C)(C)C)[nH]c6CC5)ccc4c3)[nH]2)CC2CCCCC21. The van der Waals surface area contributed by atoms with Gasteiger partial charge in [-0.1, -0.05) is 51.0 Å². The molecule has 4 heterocycles. The molecule has 8 rings (SSSR count). The molecule has 6 atom stereocenters. The summed E-state index contributed by atoms with van der Waals surface area (Å²) in [5.74, 6) is 2.36. The average molecular weight is 718 g/mol. The molecule has 4 N–H and O–H groups in total. The van der Waals surface area contributed by atoms with Crippen LogP contribution < -0.4 is 5.73 Å².